The summed E-state index contributed by atoms with van der Waals surface area (Å²) in [6.45, 7) is 8.91. The highest BCUT2D eigenvalue weighted by Crippen LogP contribution is 2.56. The van der Waals surface area contributed by atoms with Gasteiger partial charge in [-0.15, -0.1) is 0 Å². The van der Waals surface area contributed by atoms with Crippen molar-refractivity contribution in [1.82, 2.24) is 0 Å². The first-order valence-electron chi connectivity index (χ1n) is 6.20. The summed E-state index contributed by atoms with van der Waals surface area (Å²) >= 11 is 0. The second-order valence-corrected chi connectivity index (χ2v) is 5.99. The quantitative estimate of drug-likeness (QED) is 0.552. The Morgan fingerprint density at radius 1 is 1.27 bits per heavy atom. The van der Waals surface area contributed by atoms with E-state index in [2.05, 4.69) is 20.4 Å². The van der Waals surface area contributed by atoms with Crippen molar-refractivity contribution < 1.29 is 4.79 Å². The summed E-state index contributed by atoms with van der Waals surface area (Å²) in [5, 5.41) is 0. The average Bonchev–Trinajstić information content (AvgIpc) is 2.21. The average molecular weight is 206 g/mol. The third kappa shape index (κ3) is 2.02. The number of hydrogen-bond donors (Lipinski definition) is 0. The zero-order chi connectivity index (χ0) is 11.1. The van der Waals surface area contributed by atoms with Crippen LogP contribution in [0.4, 0.5) is 0 Å². The molecule has 0 aliphatic heterocycles. The van der Waals surface area contributed by atoms with E-state index in [4.69, 9.17) is 0 Å². The van der Waals surface area contributed by atoms with Crippen LogP contribution in [0, 0.1) is 17.3 Å². The van der Waals surface area contributed by atoms with Gasteiger partial charge in [0.2, 0.25) is 0 Å². The zero-order valence-corrected chi connectivity index (χ0v) is 10.0. The van der Waals surface area contributed by atoms with Gasteiger partial charge in [-0.25, -0.2) is 0 Å². The number of Topliss-reactive ketones (excluding diaryl/α,β-unsaturated/α-hetero) is 1. The number of carbonyl (C=O) groups excluding carboxylic acids is 1. The van der Waals surface area contributed by atoms with Gasteiger partial charge in [-0.3, -0.25) is 4.79 Å². The third-order valence-electron chi connectivity index (χ3n) is 4.46. The van der Waals surface area contributed by atoms with Crippen molar-refractivity contribution in [1.29, 1.82) is 0 Å². The molecule has 1 heteroatoms. The summed E-state index contributed by atoms with van der Waals surface area (Å²) < 4.78 is 0. The topological polar surface area (TPSA) is 17.1 Å². The predicted molar refractivity (Wildman–Crippen MR) is 62.6 cm³/mol. The van der Waals surface area contributed by atoms with Crippen LogP contribution in [0.5, 0.6) is 0 Å². The largest absolute Gasteiger partial charge is 0.300 e. The van der Waals surface area contributed by atoms with Crippen LogP contribution in [0.15, 0.2) is 12.2 Å². The van der Waals surface area contributed by atoms with Gasteiger partial charge < -0.3 is 0 Å². The Morgan fingerprint density at radius 3 is 2.67 bits per heavy atom. The lowest BCUT2D eigenvalue weighted by atomic mass is 9.52. The maximum Gasteiger partial charge on any atom is 0.133 e. The highest BCUT2D eigenvalue weighted by molar-refractivity contribution is 5.78. The Hall–Kier alpha value is -0.590. The van der Waals surface area contributed by atoms with Crippen LogP contribution < -0.4 is 0 Å². The normalized spacial score (nSPS) is 35.9. The van der Waals surface area contributed by atoms with Gasteiger partial charge in [-0.2, -0.15) is 0 Å². The molecule has 2 aliphatic rings. The molecule has 2 fully saturated rings. The lowest BCUT2D eigenvalue weighted by Crippen LogP contribution is -2.44. The first kappa shape index (κ1) is 10.9. The van der Waals surface area contributed by atoms with Gasteiger partial charge in [0.05, 0.1) is 0 Å². The lowest BCUT2D eigenvalue weighted by Gasteiger charge is -2.53. The second kappa shape index (κ2) is 3.77. The molecule has 0 heterocycles. The van der Waals surface area contributed by atoms with E-state index >= 15 is 0 Å². The molecule has 0 bridgehead atoms. The van der Waals surface area contributed by atoms with E-state index in [0.717, 1.165) is 31.6 Å². The van der Waals surface area contributed by atoms with Crippen molar-refractivity contribution in [2.75, 3.05) is 0 Å². The number of fused-ring (bicyclic) bond motifs is 1. The summed E-state index contributed by atoms with van der Waals surface area (Å²) in [6, 6.07) is 0. The molecule has 0 aromatic carbocycles. The minimum Gasteiger partial charge on any atom is -0.300 e. The summed E-state index contributed by atoms with van der Waals surface area (Å²) in [7, 11) is 0. The van der Waals surface area contributed by atoms with Gasteiger partial charge in [0, 0.05) is 12.8 Å². The minimum atomic E-state index is 0.440. The predicted octanol–water partition coefficient (Wildman–Crippen LogP) is 3.74. The van der Waals surface area contributed by atoms with Crippen LogP contribution in [0.3, 0.4) is 0 Å². The van der Waals surface area contributed by atoms with Gasteiger partial charge in [-0.1, -0.05) is 26.0 Å². The highest BCUT2D eigenvalue weighted by Gasteiger charge is 2.47. The SMILES string of the molecule is C=C1CCC(=O)CCC[C@@H]2[C@@H]1CC2(C)C. The van der Waals surface area contributed by atoms with E-state index < -0.39 is 0 Å². The maximum atomic E-state index is 11.5. The molecule has 15 heavy (non-hydrogen) atoms. The van der Waals surface area contributed by atoms with Gasteiger partial charge in [-0.05, 0) is 42.9 Å². The molecule has 1 nitrogen and oxygen atoms in total. The Kier molecular flexibility index (Phi) is 2.74. The Balaban J connectivity index is 2.08. The smallest absolute Gasteiger partial charge is 0.133 e. The van der Waals surface area contributed by atoms with Crippen molar-refractivity contribution in [2.45, 2.75) is 52.4 Å². The van der Waals surface area contributed by atoms with Crippen LogP contribution in [0.1, 0.15) is 52.4 Å². The molecule has 0 aromatic heterocycles. The van der Waals surface area contributed by atoms with E-state index in [1.165, 1.54) is 18.4 Å². The molecular formula is C14H22O. The van der Waals surface area contributed by atoms with E-state index in [9.17, 15) is 4.79 Å². The van der Waals surface area contributed by atoms with Gasteiger partial charge in [0.15, 0.2) is 0 Å². The molecule has 0 radical (unpaired) electrons. The van der Waals surface area contributed by atoms with Crippen LogP contribution in [-0.4, -0.2) is 5.78 Å². The van der Waals surface area contributed by atoms with Crippen LogP contribution in [0.2, 0.25) is 0 Å². The van der Waals surface area contributed by atoms with Crippen molar-refractivity contribution in [3.63, 3.8) is 0 Å². The van der Waals surface area contributed by atoms with E-state index in [0.29, 0.717) is 17.1 Å². The summed E-state index contributed by atoms with van der Waals surface area (Å²) in [6.07, 6.45) is 6.08. The molecule has 0 saturated heterocycles. The van der Waals surface area contributed by atoms with Crippen LogP contribution in [0.25, 0.3) is 0 Å². The monoisotopic (exact) mass is 206 g/mol. The minimum absolute atomic E-state index is 0.440. The summed E-state index contributed by atoms with van der Waals surface area (Å²) in [5.41, 5.74) is 1.83. The Bertz CT molecular complexity index is 288. The molecule has 0 aromatic rings. The standard InChI is InChI=1S/C14H22O/c1-10-7-8-11(15)5-4-6-13-12(10)9-14(13,2)3/h12-13H,1,4-9H2,2-3H3/t12-,13-/m1/s1. The molecule has 2 saturated carbocycles. The van der Waals surface area contributed by atoms with Crippen molar-refractivity contribution in [3.05, 3.63) is 12.2 Å². The molecule has 0 amide bonds. The summed E-state index contributed by atoms with van der Waals surface area (Å²) in [4.78, 5) is 11.5. The molecule has 84 valence electrons. The zero-order valence-electron chi connectivity index (χ0n) is 10.0. The highest BCUT2D eigenvalue weighted by atomic mass is 16.1. The molecule has 2 rings (SSSR count). The third-order valence-corrected chi connectivity index (χ3v) is 4.46. The first-order valence-corrected chi connectivity index (χ1v) is 6.20. The van der Waals surface area contributed by atoms with Crippen molar-refractivity contribution >= 4 is 5.78 Å². The molecule has 0 spiro atoms. The van der Waals surface area contributed by atoms with E-state index in [1.807, 2.05) is 0 Å². The Morgan fingerprint density at radius 2 is 2.00 bits per heavy atom. The fourth-order valence-electron chi connectivity index (χ4n) is 3.39. The fraction of sp³-hybridized carbons (Fsp3) is 0.786. The first-order chi connectivity index (χ1) is 7.00. The second-order valence-electron chi connectivity index (χ2n) is 5.99. The molecule has 2 atom stereocenters. The molecule has 2 aliphatic carbocycles. The number of carbonyl (C=O) groups is 1. The fourth-order valence-corrected chi connectivity index (χ4v) is 3.39. The van der Waals surface area contributed by atoms with E-state index in [1.54, 1.807) is 0 Å². The number of hydrogen-bond acceptors (Lipinski definition) is 1. The van der Waals surface area contributed by atoms with Gasteiger partial charge in [0.25, 0.3) is 0 Å². The number of ketones is 1. The lowest BCUT2D eigenvalue weighted by molar-refractivity contribution is -0.119. The number of rotatable bonds is 0. The van der Waals surface area contributed by atoms with Gasteiger partial charge in [0.1, 0.15) is 5.78 Å². The van der Waals surface area contributed by atoms with Crippen molar-refractivity contribution in [2.24, 2.45) is 17.3 Å². The Labute approximate surface area is 92.9 Å². The number of allylic oxidation sites excluding steroid dienone is 1. The molecule has 0 N–H and O–H groups in total. The molecule has 0 unspecified atom stereocenters. The maximum absolute atomic E-state index is 11.5. The molecular weight excluding hydrogens is 184 g/mol. The van der Waals surface area contributed by atoms with Crippen molar-refractivity contribution in [3.8, 4) is 0 Å². The van der Waals surface area contributed by atoms with E-state index in [-0.39, 0.29) is 0 Å². The van der Waals surface area contributed by atoms with Crippen LogP contribution >= 0.6 is 0 Å². The van der Waals surface area contributed by atoms with Crippen LogP contribution in [-0.2, 0) is 4.79 Å². The van der Waals surface area contributed by atoms with Gasteiger partial charge >= 0.3 is 0 Å². The summed E-state index contributed by atoms with van der Waals surface area (Å²) in [5.74, 6) is 1.94.